The Morgan fingerprint density at radius 1 is 1.15 bits per heavy atom. The lowest BCUT2D eigenvalue weighted by Crippen LogP contribution is -2.32. The zero-order chi connectivity index (χ0) is 14.5. The first-order valence-electron chi connectivity index (χ1n) is 8.00. The van der Waals surface area contributed by atoms with Crippen LogP contribution in [0.2, 0.25) is 0 Å². The van der Waals surface area contributed by atoms with Gasteiger partial charge in [-0.05, 0) is 43.1 Å². The number of benzene rings is 1. The fourth-order valence-electron chi connectivity index (χ4n) is 3.13. The fourth-order valence-corrected chi connectivity index (χ4v) is 3.13. The van der Waals surface area contributed by atoms with Gasteiger partial charge in [0.15, 0.2) is 0 Å². The average Bonchev–Trinajstić information content (AvgIpc) is 2.48. The highest BCUT2D eigenvalue weighted by atomic mass is 16.5. The first kappa shape index (κ1) is 15.5. The van der Waals surface area contributed by atoms with E-state index in [1.165, 1.54) is 6.42 Å². The molecule has 1 aromatic rings. The highest BCUT2D eigenvalue weighted by Gasteiger charge is 2.29. The molecule has 2 heteroatoms. The predicted molar refractivity (Wildman–Crippen MR) is 82.5 cm³/mol. The van der Waals surface area contributed by atoms with Crippen molar-refractivity contribution >= 4 is 0 Å². The minimum absolute atomic E-state index is 0.0944. The fraction of sp³-hybridized carbons (Fsp3) is 0.667. The summed E-state index contributed by atoms with van der Waals surface area (Å²) in [5.74, 6) is 1.52. The van der Waals surface area contributed by atoms with E-state index in [0.29, 0.717) is 6.10 Å². The summed E-state index contributed by atoms with van der Waals surface area (Å²) < 4.78 is 6.23. The van der Waals surface area contributed by atoms with E-state index in [1.807, 2.05) is 30.3 Å². The van der Waals surface area contributed by atoms with Crippen molar-refractivity contribution in [2.75, 3.05) is 0 Å². The van der Waals surface area contributed by atoms with E-state index >= 15 is 0 Å². The highest BCUT2D eigenvalue weighted by molar-refractivity contribution is 5.18. The summed E-state index contributed by atoms with van der Waals surface area (Å²) in [4.78, 5) is 0. The van der Waals surface area contributed by atoms with Gasteiger partial charge in [-0.3, -0.25) is 0 Å². The van der Waals surface area contributed by atoms with Crippen molar-refractivity contribution < 1.29 is 9.84 Å². The maximum atomic E-state index is 10.5. The third-order valence-electron chi connectivity index (χ3n) is 4.81. The second kappa shape index (κ2) is 7.24. The number of aliphatic hydroxyl groups excluding tert-OH is 1. The molecular formula is C18H28O2. The van der Waals surface area contributed by atoms with Crippen molar-refractivity contribution in [2.24, 2.45) is 11.8 Å². The van der Waals surface area contributed by atoms with Crippen LogP contribution in [0.15, 0.2) is 30.3 Å². The van der Waals surface area contributed by atoms with Crippen LogP contribution < -0.4 is 0 Å². The van der Waals surface area contributed by atoms with Gasteiger partial charge in [0.2, 0.25) is 0 Å². The molecule has 5 atom stereocenters. The van der Waals surface area contributed by atoms with E-state index in [0.717, 1.165) is 36.7 Å². The standard InChI is InChI=1S/C18H28O2/c1-4-17(18(19)15-8-6-5-7-9-15)20-16-11-10-13(2)14(3)12-16/h5-9,13-14,16-19H,4,10-12H2,1-3H3. The molecule has 1 aliphatic carbocycles. The van der Waals surface area contributed by atoms with Gasteiger partial charge in [-0.15, -0.1) is 0 Å². The van der Waals surface area contributed by atoms with Crippen molar-refractivity contribution in [1.82, 2.24) is 0 Å². The van der Waals surface area contributed by atoms with Crippen LogP contribution in [0.3, 0.4) is 0 Å². The molecule has 0 spiro atoms. The molecule has 2 rings (SSSR count). The summed E-state index contributed by atoms with van der Waals surface area (Å²) >= 11 is 0. The Kier molecular flexibility index (Phi) is 5.62. The van der Waals surface area contributed by atoms with Crippen molar-refractivity contribution in [3.63, 3.8) is 0 Å². The Hall–Kier alpha value is -0.860. The van der Waals surface area contributed by atoms with Gasteiger partial charge >= 0.3 is 0 Å². The minimum atomic E-state index is -0.518. The summed E-state index contributed by atoms with van der Waals surface area (Å²) in [5, 5.41) is 10.5. The van der Waals surface area contributed by atoms with Crippen LogP contribution in [0.4, 0.5) is 0 Å². The van der Waals surface area contributed by atoms with Crippen molar-refractivity contribution in [3.8, 4) is 0 Å². The summed E-state index contributed by atoms with van der Waals surface area (Å²) in [6.45, 7) is 6.73. The molecule has 1 aliphatic rings. The molecule has 1 fully saturated rings. The molecule has 0 aromatic heterocycles. The normalized spacial score (nSPS) is 29.9. The third-order valence-corrected chi connectivity index (χ3v) is 4.81. The first-order valence-corrected chi connectivity index (χ1v) is 8.00. The van der Waals surface area contributed by atoms with Crippen molar-refractivity contribution in [3.05, 3.63) is 35.9 Å². The quantitative estimate of drug-likeness (QED) is 0.867. The molecule has 1 saturated carbocycles. The molecule has 0 bridgehead atoms. The van der Waals surface area contributed by atoms with Gasteiger partial charge in [-0.25, -0.2) is 0 Å². The van der Waals surface area contributed by atoms with Crippen LogP contribution in [-0.2, 0) is 4.74 Å². The van der Waals surface area contributed by atoms with Crippen LogP contribution in [0.25, 0.3) is 0 Å². The number of hydrogen-bond acceptors (Lipinski definition) is 2. The van der Waals surface area contributed by atoms with Gasteiger partial charge in [0.1, 0.15) is 6.10 Å². The maximum Gasteiger partial charge on any atom is 0.105 e. The summed E-state index contributed by atoms with van der Waals surface area (Å²) in [7, 11) is 0. The lowest BCUT2D eigenvalue weighted by molar-refractivity contribution is -0.0995. The van der Waals surface area contributed by atoms with Crippen LogP contribution in [0, 0.1) is 11.8 Å². The SMILES string of the molecule is CCC(OC1CCC(C)C(C)C1)C(O)c1ccccc1. The number of aliphatic hydroxyl groups is 1. The van der Waals surface area contributed by atoms with Crippen LogP contribution in [0.5, 0.6) is 0 Å². The van der Waals surface area contributed by atoms with Crippen LogP contribution in [-0.4, -0.2) is 17.3 Å². The monoisotopic (exact) mass is 276 g/mol. The van der Waals surface area contributed by atoms with Gasteiger partial charge in [-0.1, -0.05) is 51.1 Å². The highest BCUT2D eigenvalue weighted by Crippen LogP contribution is 2.33. The van der Waals surface area contributed by atoms with Gasteiger partial charge < -0.3 is 9.84 Å². The zero-order valence-electron chi connectivity index (χ0n) is 13.0. The number of hydrogen-bond donors (Lipinski definition) is 1. The minimum Gasteiger partial charge on any atom is -0.386 e. The molecule has 0 amide bonds. The first-order chi connectivity index (χ1) is 9.61. The van der Waals surface area contributed by atoms with Crippen molar-refractivity contribution in [2.45, 2.75) is 64.8 Å². The maximum absolute atomic E-state index is 10.5. The van der Waals surface area contributed by atoms with Gasteiger partial charge in [-0.2, -0.15) is 0 Å². The molecule has 1 N–H and O–H groups in total. The summed E-state index contributed by atoms with van der Waals surface area (Å²) in [5.41, 5.74) is 0.955. The Morgan fingerprint density at radius 3 is 2.45 bits per heavy atom. The van der Waals surface area contributed by atoms with E-state index in [1.54, 1.807) is 0 Å². The average molecular weight is 276 g/mol. The molecule has 0 saturated heterocycles. The third kappa shape index (κ3) is 3.83. The summed E-state index contributed by atoms with van der Waals surface area (Å²) in [6, 6.07) is 9.86. The lowest BCUT2D eigenvalue weighted by Gasteiger charge is -2.35. The number of rotatable bonds is 5. The molecule has 2 nitrogen and oxygen atoms in total. The topological polar surface area (TPSA) is 29.5 Å². The predicted octanol–water partition coefficient (Wildman–Crippen LogP) is 4.34. The van der Waals surface area contributed by atoms with E-state index in [4.69, 9.17) is 4.74 Å². The Bertz CT molecular complexity index is 390. The number of ether oxygens (including phenoxy) is 1. The second-order valence-electron chi connectivity index (χ2n) is 6.33. The van der Waals surface area contributed by atoms with E-state index in [9.17, 15) is 5.11 Å². The molecule has 20 heavy (non-hydrogen) atoms. The smallest absolute Gasteiger partial charge is 0.105 e. The molecule has 0 aliphatic heterocycles. The van der Waals surface area contributed by atoms with E-state index in [-0.39, 0.29) is 6.10 Å². The lowest BCUT2D eigenvalue weighted by atomic mass is 9.80. The van der Waals surface area contributed by atoms with E-state index in [2.05, 4.69) is 20.8 Å². The Labute approximate surface area is 123 Å². The van der Waals surface area contributed by atoms with Gasteiger partial charge in [0, 0.05) is 0 Å². The van der Waals surface area contributed by atoms with Crippen molar-refractivity contribution in [1.29, 1.82) is 0 Å². The van der Waals surface area contributed by atoms with E-state index < -0.39 is 6.10 Å². The molecule has 112 valence electrons. The zero-order valence-corrected chi connectivity index (χ0v) is 13.0. The van der Waals surface area contributed by atoms with Crippen LogP contribution in [0.1, 0.15) is 58.1 Å². The molecule has 5 unspecified atom stereocenters. The Balaban J connectivity index is 1.95. The van der Waals surface area contributed by atoms with Crippen LogP contribution >= 0.6 is 0 Å². The molecule has 0 heterocycles. The molecular weight excluding hydrogens is 248 g/mol. The van der Waals surface area contributed by atoms with Gasteiger partial charge in [0.05, 0.1) is 12.2 Å². The molecule has 1 aromatic carbocycles. The molecule has 0 radical (unpaired) electrons. The largest absolute Gasteiger partial charge is 0.386 e. The summed E-state index contributed by atoms with van der Waals surface area (Å²) in [6.07, 6.45) is 4.03. The Morgan fingerprint density at radius 2 is 1.85 bits per heavy atom. The second-order valence-corrected chi connectivity index (χ2v) is 6.33. The van der Waals surface area contributed by atoms with Gasteiger partial charge in [0.25, 0.3) is 0 Å².